The molecule has 1 fully saturated rings. The van der Waals surface area contributed by atoms with E-state index < -0.39 is 6.10 Å². The zero-order valence-electron chi connectivity index (χ0n) is 19.0. The topological polar surface area (TPSA) is 140 Å². The van der Waals surface area contributed by atoms with Crippen LogP contribution in [0.25, 0.3) is 21.9 Å². The van der Waals surface area contributed by atoms with Crippen LogP contribution in [0.3, 0.4) is 0 Å². The number of rotatable bonds is 5. The molecule has 4 heterocycles. The molecule has 5 rings (SSSR count). The molecule has 0 aliphatic carbocycles. The van der Waals surface area contributed by atoms with Gasteiger partial charge in [0, 0.05) is 61.3 Å². The minimum absolute atomic E-state index is 0.280. The van der Waals surface area contributed by atoms with E-state index in [1.54, 1.807) is 30.6 Å². The normalized spacial score (nSPS) is 14.9. The molecule has 0 bridgehead atoms. The molecule has 1 amide bonds. The van der Waals surface area contributed by atoms with Gasteiger partial charge in [0.05, 0.1) is 6.20 Å². The summed E-state index contributed by atoms with van der Waals surface area (Å²) in [5.41, 5.74) is 1.81. The number of likely N-dealkylation sites (N-methyl/N-ethyl adjacent to an activating group) is 1. The Morgan fingerprint density at radius 3 is 2.49 bits per heavy atom. The molecule has 1 aromatic carbocycles. The summed E-state index contributed by atoms with van der Waals surface area (Å²) in [5, 5.41) is 36.2. The van der Waals surface area contributed by atoms with E-state index in [4.69, 9.17) is 0 Å². The molecule has 1 aliphatic heterocycles. The highest BCUT2D eigenvalue weighted by Gasteiger charge is 2.22. The lowest BCUT2D eigenvalue weighted by molar-refractivity contribution is -0.380. The second-order valence-corrected chi connectivity index (χ2v) is 8.55. The highest BCUT2D eigenvalue weighted by Crippen LogP contribution is 2.26. The van der Waals surface area contributed by atoms with Crippen LogP contribution >= 0.6 is 0 Å². The SMILES string of the molecule is CN1CCN(c2cc(C(=O)Nc3cc4cc(-c5cnn(C(O)(O)O)c5)ccc4cn3)ccn2)CC1. The van der Waals surface area contributed by atoms with Crippen LogP contribution in [0, 0.1) is 0 Å². The van der Waals surface area contributed by atoms with Gasteiger partial charge in [-0.05, 0) is 42.3 Å². The van der Waals surface area contributed by atoms with Gasteiger partial charge in [-0.2, -0.15) is 9.78 Å². The lowest BCUT2D eigenvalue weighted by atomic mass is 10.1. The van der Waals surface area contributed by atoms with Crippen LogP contribution < -0.4 is 10.2 Å². The molecule has 11 nitrogen and oxygen atoms in total. The summed E-state index contributed by atoms with van der Waals surface area (Å²) in [4.78, 5) is 26.1. The molecule has 0 atom stereocenters. The molecular formula is C24H25N7O4. The van der Waals surface area contributed by atoms with Crippen molar-refractivity contribution in [3.63, 3.8) is 0 Å². The van der Waals surface area contributed by atoms with E-state index in [1.165, 1.54) is 12.4 Å². The third-order valence-corrected chi connectivity index (χ3v) is 6.02. The molecule has 0 unspecified atom stereocenters. The van der Waals surface area contributed by atoms with E-state index in [0.29, 0.717) is 21.6 Å². The molecule has 1 saturated heterocycles. The fraction of sp³-hybridized carbons (Fsp3) is 0.250. The number of nitrogens with zero attached hydrogens (tertiary/aromatic N) is 6. The van der Waals surface area contributed by atoms with Gasteiger partial charge in [0.15, 0.2) is 0 Å². The van der Waals surface area contributed by atoms with Crippen molar-refractivity contribution in [2.45, 2.75) is 6.10 Å². The number of nitrogens with one attached hydrogen (secondary N) is 1. The molecule has 11 heteroatoms. The van der Waals surface area contributed by atoms with Crippen LogP contribution in [0.4, 0.5) is 11.6 Å². The Hall–Kier alpha value is -3.90. The second-order valence-electron chi connectivity index (χ2n) is 8.55. The summed E-state index contributed by atoms with van der Waals surface area (Å²) >= 11 is 0. The number of pyridine rings is 2. The first-order chi connectivity index (χ1) is 16.8. The number of piperazine rings is 1. The van der Waals surface area contributed by atoms with Gasteiger partial charge < -0.3 is 30.4 Å². The maximum Gasteiger partial charge on any atom is 0.389 e. The lowest BCUT2D eigenvalue weighted by Gasteiger charge is -2.33. The van der Waals surface area contributed by atoms with Crippen LogP contribution in [0.1, 0.15) is 10.4 Å². The molecule has 180 valence electrons. The largest absolute Gasteiger partial charge is 0.389 e. The van der Waals surface area contributed by atoms with Gasteiger partial charge >= 0.3 is 6.10 Å². The Bertz CT molecular complexity index is 1370. The first kappa shape index (κ1) is 22.9. The minimum atomic E-state index is -3.08. The quantitative estimate of drug-likeness (QED) is 0.312. The molecule has 35 heavy (non-hydrogen) atoms. The maximum absolute atomic E-state index is 12.9. The summed E-state index contributed by atoms with van der Waals surface area (Å²) in [6.45, 7) is 3.61. The third-order valence-electron chi connectivity index (χ3n) is 6.02. The van der Waals surface area contributed by atoms with Crippen LogP contribution in [0.2, 0.25) is 0 Å². The van der Waals surface area contributed by atoms with Crippen molar-refractivity contribution in [2.75, 3.05) is 43.4 Å². The maximum atomic E-state index is 12.9. The number of anilines is 2. The Labute approximate surface area is 200 Å². The van der Waals surface area contributed by atoms with Crippen LogP contribution in [0.5, 0.6) is 0 Å². The Balaban J connectivity index is 1.35. The lowest BCUT2D eigenvalue weighted by Crippen LogP contribution is -2.44. The summed E-state index contributed by atoms with van der Waals surface area (Å²) in [7, 11) is 2.09. The zero-order valence-corrected chi connectivity index (χ0v) is 19.0. The molecule has 1 aliphatic rings. The summed E-state index contributed by atoms with van der Waals surface area (Å²) in [6.07, 6.45) is 2.95. The fourth-order valence-electron chi connectivity index (χ4n) is 3.98. The number of benzene rings is 1. The number of hydrogen-bond acceptors (Lipinski definition) is 9. The highest BCUT2D eigenvalue weighted by atomic mass is 16.7. The van der Waals surface area contributed by atoms with Crippen molar-refractivity contribution < 1.29 is 20.1 Å². The van der Waals surface area contributed by atoms with Crippen molar-refractivity contribution in [1.29, 1.82) is 0 Å². The van der Waals surface area contributed by atoms with E-state index in [-0.39, 0.29) is 5.91 Å². The average molecular weight is 476 g/mol. The molecule has 0 radical (unpaired) electrons. The van der Waals surface area contributed by atoms with Crippen molar-refractivity contribution in [1.82, 2.24) is 24.6 Å². The summed E-state index contributed by atoms with van der Waals surface area (Å²) in [5.74, 6) is 0.894. The highest BCUT2D eigenvalue weighted by molar-refractivity contribution is 6.05. The number of hydrogen-bond donors (Lipinski definition) is 4. The standard InChI is InChI=1S/C24H25N7O4/c1-29-6-8-30(9-7-29)22-12-17(4-5-25-22)23(32)28-21-11-19-10-16(2-3-18(19)13-26-21)20-14-27-31(15-20)24(33,34)35/h2-5,10-15,33-35H,6-9H2,1H3,(H,26,28,32). The Morgan fingerprint density at radius 2 is 1.74 bits per heavy atom. The molecule has 4 N–H and O–H groups in total. The number of fused-ring (bicyclic) bond motifs is 1. The van der Waals surface area contributed by atoms with Gasteiger partial charge in [0.2, 0.25) is 0 Å². The monoisotopic (exact) mass is 475 g/mol. The molecule has 4 aromatic rings. The molecule has 3 aromatic heterocycles. The number of amides is 1. The van der Waals surface area contributed by atoms with Crippen LogP contribution in [-0.2, 0) is 6.10 Å². The Kier molecular flexibility index (Phi) is 5.91. The van der Waals surface area contributed by atoms with Gasteiger partial charge in [-0.15, -0.1) is 0 Å². The van der Waals surface area contributed by atoms with E-state index in [9.17, 15) is 20.1 Å². The van der Waals surface area contributed by atoms with E-state index >= 15 is 0 Å². The van der Waals surface area contributed by atoms with Crippen LogP contribution in [-0.4, -0.2) is 79.1 Å². The van der Waals surface area contributed by atoms with Gasteiger partial charge in [-0.1, -0.05) is 12.1 Å². The van der Waals surface area contributed by atoms with Crippen molar-refractivity contribution in [3.05, 3.63) is 66.7 Å². The Morgan fingerprint density at radius 1 is 0.943 bits per heavy atom. The first-order valence-corrected chi connectivity index (χ1v) is 11.1. The van der Waals surface area contributed by atoms with E-state index in [0.717, 1.165) is 48.3 Å². The van der Waals surface area contributed by atoms with Crippen molar-refractivity contribution in [2.24, 2.45) is 0 Å². The zero-order chi connectivity index (χ0) is 24.6. The van der Waals surface area contributed by atoms with Gasteiger partial charge in [0.1, 0.15) is 11.6 Å². The predicted octanol–water partition coefficient (Wildman–Crippen LogP) is 1.04. The average Bonchev–Trinajstić information content (AvgIpc) is 3.35. The number of aromatic nitrogens is 4. The number of carbonyl (C=O) groups excluding carboxylic acids is 1. The minimum Gasteiger partial charge on any atom is -0.354 e. The van der Waals surface area contributed by atoms with Crippen molar-refractivity contribution in [3.8, 4) is 11.1 Å². The third kappa shape index (κ3) is 4.98. The smallest absolute Gasteiger partial charge is 0.354 e. The van der Waals surface area contributed by atoms with E-state index in [2.05, 4.69) is 37.2 Å². The second kappa shape index (κ2) is 9.04. The van der Waals surface area contributed by atoms with E-state index in [1.807, 2.05) is 18.2 Å². The van der Waals surface area contributed by atoms with Gasteiger partial charge in [-0.25, -0.2) is 9.97 Å². The number of aliphatic hydroxyl groups is 3. The van der Waals surface area contributed by atoms with Gasteiger partial charge in [0.25, 0.3) is 5.91 Å². The number of carbonyl (C=O) groups is 1. The molecular weight excluding hydrogens is 450 g/mol. The summed E-state index contributed by atoms with van der Waals surface area (Å²) < 4.78 is 0.635. The first-order valence-electron chi connectivity index (χ1n) is 11.1. The predicted molar refractivity (Wildman–Crippen MR) is 129 cm³/mol. The summed E-state index contributed by atoms with van der Waals surface area (Å²) in [6, 6.07) is 10.8. The van der Waals surface area contributed by atoms with Crippen LogP contribution in [0.15, 0.2) is 61.2 Å². The van der Waals surface area contributed by atoms with Gasteiger partial charge in [-0.3, -0.25) is 4.79 Å². The van der Waals surface area contributed by atoms with Crippen molar-refractivity contribution >= 4 is 28.3 Å². The fourth-order valence-corrected chi connectivity index (χ4v) is 3.98. The molecule has 0 saturated carbocycles. The molecule has 0 spiro atoms.